The minimum atomic E-state index is -4.69. The van der Waals surface area contributed by atoms with E-state index in [1.165, 1.54) is 18.2 Å². The molecule has 1 aliphatic carbocycles. The topological polar surface area (TPSA) is 41.5 Å². The molecule has 1 aromatic carbocycles. The van der Waals surface area contributed by atoms with Crippen LogP contribution >= 0.6 is 0 Å². The van der Waals surface area contributed by atoms with Crippen LogP contribution in [0.2, 0.25) is 0 Å². The van der Waals surface area contributed by atoms with Gasteiger partial charge in [-0.1, -0.05) is 19.9 Å². The molecule has 0 spiro atoms. The van der Waals surface area contributed by atoms with Gasteiger partial charge in [-0.2, -0.15) is 0 Å². The van der Waals surface area contributed by atoms with Gasteiger partial charge in [0.1, 0.15) is 5.75 Å². The number of nitrogens with one attached hydrogen (secondary N) is 1. The standard InChI is InChI=1S/C13H16F3NO2/c1-12(2)10(7-11(12)18)17-8-4-3-5-9(6-8)19-13(14,15)16/h3-6,10-11,17-18H,7H2,1-2H3. The predicted octanol–water partition coefficient (Wildman–Crippen LogP) is 3.16. The smallest absolute Gasteiger partial charge is 0.406 e. The van der Waals surface area contributed by atoms with E-state index in [9.17, 15) is 18.3 Å². The maximum Gasteiger partial charge on any atom is 0.573 e. The number of aliphatic hydroxyl groups is 1. The zero-order valence-electron chi connectivity index (χ0n) is 10.7. The first-order chi connectivity index (χ1) is 8.68. The van der Waals surface area contributed by atoms with Gasteiger partial charge in [-0.15, -0.1) is 13.2 Å². The first-order valence-electron chi connectivity index (χ1n) is 5.99. The second-order valence-corrected chi connectivity index (χ2v) is 5.35. The third kappa shape index (κ3) is 3.12. The molecule has 1 aliphatic rings. The molecule has 106 valence electrons. The molecule has 0 radical (unpaired) electrons. The summed E-state index contributed by atoms with van der Waals surface area (Å²) in [5.41, 5.74) is 0.257. The van der Waals surface area contributed by atoms with Crippen LogP contribution in [0.4, 0.5) is 18.9 Å². The number of alkyl halides is 3. The summed E-state index contributed by atoms with van der Waals surface area (Å²) >= 11 is 0. The summed E-state index contributed by atoms with van der Waals surface area (Å²) in [6.45, 7) is 3.82. The Balaban J connectivity index is 2.04. The zero-order chi connectivity index (χ0) is 14.3. The molecule has 0 amide bonds. The van der Waals surface area contributed by atoms with Crippen molar-refractivity contribution in [1.82, 2.24) is 0 Å². The highest BCUT2D eigenvalue weighted by Gasteiger charge is 2.47. The number of aliphatic hydroxyl groups excluding tert-OH is 1. The first kappa shape index (κ1) is 14.0. The van der Waals surface area contributed by atoms with Crippen molar-refractivity contribution >= 4 is 5.69 Å². The third-order valence-electron chi connectivity index (χ3n) is 3.62. The molecule has 0 saturated heterocycles. The molecule has 1 fully saturated rings. The molecule has 2 atom stereocenters. The summed E-state index contributed by atoms with van der Waals surface area (Å²) in [5, 5.41) is 12.7. The summed E-state index contributed by atoms with van der Waals surface area (Å²) in [4.78, 5) is 0. The molecule has 1 aromatic rings. The molecular formula is C13H16F3NO2. The Hall–Kier alpha value is -1.43. The van der Waals surface area contributed by atoms with Gasteiger partial charge in [-0.25, -0.2) is 0 Å². The lowest BCUT2D eigenvalue weighted by molar-refractivity contribution is -0.274. The molecule has 0 aromatic heterocycles. The van der Waals surface area contributed by atoms with Gasteiger partial charge >= 0.3 is 6.36 Å². The van der Waals surface area contributed by atoms with Crippen LogP contribution in [0.25, 0.3) is 0 Å². The van der Waals surface area contributed by atoms with E-state index in [0.29, 0.717) is 12.1 Å². The number of hydrogen-bond donors (Lipinski definition) is 2. The minimum Gasteiger partial charge on any atom is -0.406 e. The van der Waals surface area contributed by atoms with E-state index >= 15 is 0 Å². The van der Waals surface area contributed by atoms with Crippen molar-refractivity contribution in [3.63, 3.8) is 0 Å². The summed E-state index contributed by atoms with van der Waals surface area (Å²) < 4.78 is 40.2. The monoisotopic (exact) mass is 275 g/mol. The maximum atomic E-state index is 12.1. The van der Waals surface area contributed by atoms with Gasteiger partial charge in [0.15, 0.2) is 0 Å². The Kier molecular flexibility index (Phi) is 3.38. The largest absolute Gasteiger partial charge is 0.573 e. The number of hydrogen-bond acceptors (Lipinski definition) is 3. The summed E-state index contributed by atoms with van der Waals surface area (Å²) in [6, 6.07) is 5.74. The number of ether oxygens (including phenoxy) is 1. The molecule has 3 nitrogen and oxygen atoms in total. The number of benzene rings is 1. The van der Waals surface area contributed by atoms with Gasteiger partial charge in [-0.3, -0.25) is 0 Å². The van der Waals surface area contributed by atoms with E-state index in [1.54, 1.807) is 6.07 Å². The van der Waals surface area contributed by atoms with Crippen molar-refractivity contribution in [2.24, 2.45) is 5.41 Å². The van der Waals surface area contributed by atoms with E-state index in [4.69, 9.17) is 0 Å². The highest BCUT2D eigenvalue weighted by atomic mass is 19.4. The van der Waals surface area contributed by atoms with Crippen molar-refractivity contribution in [2.75, 3.05) is 5.32 Å². The molecule has 2 unspecified atom stereocenters. The molecule has 6 heteroatoms. The molecule has 19 heavy (non-hydrogen) atoms. The summed E-state index contributed by atoms with van der Waals surface area (Å²) in [6.07, 6.45) is -4.50. The normalized spacial score (nSPS) is 25.6. The molecule has 0 aliphatic heterocycles. The third-order valence-corrected chi connectivity index (χ3v) is 3.62. The fourth-order valence-electron chi connectivity index (χ4n) is 2.13. The van der Waals surface area contributed by atoms with Crippen LogP contribution < -0.4 is 10.1 Å². The quantitative estimate of drug-likeness (QED) is 0.890. The van der Waals surface area contributed by atoms with Crippen LogP contribution in [0.1, 0.15) is 20.3 Å². The molecule has 0 bridgehead atoms. The SMILES string of the molecule is CC1(C)C(O)CC1Nc1cccc(OC(F)(F)F)c1. The predicted molar refractivity (Wildman–Crippen MR) is 64.9 cm³/mol. The minimum absolute atomic E-state index is 0.0311. The lowest BCUT2D eigenvalue weighted by Crippen LogP contribution is -2.56. The average Bonchev–Trinajstić information content (AvgIpc) is 2.27. The van der Waals surface area contributed by atoms with Gasteiger partial charge in [0, 0.05) is 23.2 Å². The van der Waals surface area contributed by atoms with Crippen LogP contribution in [-0.2, 0) is 0 Å². The van der Waals surface area contributed by atoms with Crippen molar-refractivity contribution in [3.05, 3.63) is 24.3 Å². The van der Waals surface area contributed by atoms with E-state index in [2.05, 4.69) is 10.1 Å². The number of rotatable bonds is 3. The van der Waals surface area contributed by atoms with Crippen LogP contribution in [0, 0.1) is 5.41 Å². The van der Waals surface area contributed by atoms with E-state index in [1.807, 2.05) is 13.8 Å². The number of anilines is 1. The second kappa shape index (κ2) is 4.59. The van der Waals surface area contributed by atoms with E-state index in [-0.39, 0.29) is 23.3 Å². The Morgan fingerprint density at radius 3 is 2.58 bits per heavy atom. The fourth-order valence-corrected chi connectivity index (χ4v) is 2.13. The van der Waals surface area contributed by atoms with Gasteiger partial charge in [0.25, 0.3) is 0 Å². The van der Waals surface area contributed by atoms with Gasteiger partial charge in [-0.05, 0) is 18.6 Å². The van der Waals surface area contributed by atoms with E-state index < -0.39 is 6.36 Å². The molecule has 0 heterocycles. The second-order valence-electron chi connectivity index (χ2n) is 5.35. The summed E-state index contributed by atoms with van der Waals surface area (Å²) in [5.74, 6) is -0.254. The maximum absolute atomic E-state index is 12.1. The molecule has 1 saturated carbocycles. The van der Waals surface area contributed by atoms with Crippen molar-refractivity contribution in [2.45, 2.75) is 38.8 Å². The van der Waals surface area contributed by atoms with Crippen molar-refractivity contribution in [3.8, 4) is 5.75 Å². The molecule has 2 N–H and O–H groups in total. The van der Waals surface area contributed by atoms with Gasteiger partial charge < -0.3 is 15.2 Å². The average molecular weight is 275 g/mol. The lowest BCUT2D eigenvalue weighted by atomic mass is 9.64. The van der Waals surface area contributed by atoms with E-state index in [0.717, 1.165) is 0 Å². The highest BCUT2D eigenvalue weighted by molar-refractivity contribution is 5.49. The van der Waals surface area contributed by atoms with Crippen molar-refractivity contribution < 1.29 is 23.0 Å². The van der Waals surface area contributed by atoms with Crippen LogP contribution in [0.3, 0.4) is 0 Å². The van der Waals surface area contributed by atoms with Gasteiger partial charge in [0.2, 0.25) is 0 Å². The van der Waals surface area contributed by atoms with Crippen LogP contribution in [-0.4, -0.2) is 23.6 Å². The Morgan fingerprint density at radius 1 is 1.37 bits per heavy atom. The van der Waals surface area contributed by atoms with Crippen LogP contribution in [0.15, 0.2) is 24.3 Å². The lowest BCUT2D eigenvalue weighted by Gasteiger charge is -2.49. The molecular weight excluding hydrogens is 259 g/mol. The molecule has 2 rings (SSSR count). The number of halogens is 3. The fraction of sp³-hybridized carbons (Fsp3) is 0.538. The first-order valence-corrected chi connectivity index (χ1v) is 5.99. The highest BCUT2D eigenvalue weighted by Crippen LogP contribution is 2.42. The van der Waals surface area contributed by atoms with Crippen molar-refractivity contribution in [1.29, 1.82) is 0 Å². The Labute approximate surface area is 109 Å². The summed E-state index contributed by atoms with van der Waals surface area (Å²) in [7, 11) is 0. The Bertz CT molecular complexity index is 459. The zero-order valence-corrected chi connectivity index (χ0v) is 10.7. The Morgan fingerprint density at radius 2 is 2.05 bits per heavy atom. The van der Waals surface area contributed by atoms with Gasteiger partial charge in [0.05, 0.1) is 6.10 Å². The van der Waals surface area contributed by atoms with Crippen LogP contribution in [0.5, 0.6) is 5.75 Å².